The maximum Gasteiger partial charge on any atom is 0.0880 e. The Morgan fingerprint density at radius 2 is 1.68 bits per heavy atom. The van der Waals surface area contributed by atoms with Gasteiger partial charge in [-0.25, -0.2) is 0 Å². The predicted molar refractivity (Wildman–Crippen MR) is 124 cm³/mol. The van der Waals surface area contributed by atoms with Crippen molar-refractivity contribution in [2.45, 2.75) is 111 Å². The van der Waals surface area contributed by atoms with Crippen LogP contribution in [0.2, 0.25) is 0 Å². The van der Waals surface area contributed by atoms with E-state index in [2.05, 4.69) is 27.7 Å². The van der Waals surface area contributed by atoms with Gasteiger partial charge in [-0.3, -0.25) is 0 Å². The molecule has 3 nitrogen and oxygen atoms in total. The minimum Gasteiger partial charge on any atom is -0.393 e. The second kappa shape index (κ2) is 7.19. The molecule has 0 aliphatic heterocycles. The van der Waals surface area contributed by atoms with Gasteiger partial charge < -0.3 is 15.3 Å². The zero-order valence-corrected chi connectivity index (χ0v) is 20.7. The Morgan fingerprint density at radius 3 is 2.39 bits per heavy atom. The molecule has 31 heavy (non-hydrogen) atoms. The molecule has 3 heteroatoms. The second-order valence-electron chi connectivity index (χ2n) is 13.7. The SMILES string of the molecule is C[C@@H]1CCC[C@@]2(C)C1C[C@H](O)[C@]1(C)[C@@H]2CCC2C3C([C@@](C)(O)CO)CC[C@H]3CC[C@]21C. The molecule has 5 saturated carbocycles. The second-order valence-corrected chi connectivity index (χ2v) is 13.7. The van der Waals surface area contributed by atoms with Gasteiger partial charge in [-0.1, -0.05) is 40.5 Å². The van der Waals surface area contributed by atoms with Gasteiger partial charge in [0.05, 0.1) is 18.3 Å². The van der Waals surface area contributed by atoms with Crippen LogP contribution in [0.1, 0.15) is 98.8 Å². The summed E-state index contributed by atoms with van der Waals surface area (Å²) in [7, 11) is 0. The van der Waals surface area contributed by atoms with E-state index in [0.29, 0.717) is 35.0 Å². The van der Waals surface area contributed by atoms with Gasteiger partial charge in [0, 0.05) is 5.41 Å². The number of hydrogen-bond donors (Lipinski definition) is 3. The van der Waals surface area contributed by atoms with Crippen LogP contribution in [0.3, 0.4) is 0 Å². The molecule has 0 aromatic carbocycles. The summed E-state index contributed by atoms with van der Waals surface area (Å²) in [5, 5.41) is 33.0. The molecule has 5 fully saturated rings. The van der Waals surface area contributed by atoms with E-state index < -0.39 is 5.60 Å². The number of aliphatic hydroxyl groups is 3. The molecule has 178 valence electrons. The molecule has 12 atom stereocenters. The van der Waals surface area contributed by atoms with E-state index in [4.69, 9.17) is 0 Å². The summed E-state index contributed by atoms with van der Waals surface area (Å²) >= 11 is 0. The van der Waals surface area contributed by atoms with E-state index in [-0.39, 0.29) is 29.5 Å². The molecule has 0 amide bonds. The third kappa shape index (κ3) is 2.81. The van der Waals surface area contributed by atoms with Gasteiger partial charge >= 0.3 is 0 Å². The zero-order chi connectivity index (χ0) is 22.4. The van der Waals surface area contributed by atoms with Gasteiger partial charge in [0.2, 0.25) is 0 Å². The Hall–Kier alpha value is -0.120. The highest BCUT2D eigenvalue weighted by molar-refractivity contribution is 5.19. The maximum absolute atomic E-state index is 11.9. The van der Waals surface area contributed by atoms with Crippen molar-refractivity contribution >= 4 is 0 Å². The lowest BCUT2D eigenvalue weighted by Gasteiger charge is -2.72. The van der Waals surface area contributed by atoms with Crippen LogP contribution in [0.4, 0.5) is 0 Å². The van der Waals surface area contributed by atoms with Gasteiger partial charge in [-0.05, 0) is 111 Å². The topological polar surface area (TPSA) is 60.7 Å². The highest BCUT2D eigenvalue weighted by Crippen LogP contribution is 2.75. The molecule has 5 rings (SSSR count). The largest absolute Gasteiger partial charge is 0.393 e. The molecule has 0 radical (unpaired) electrons. The minimum atomic E-state index is -0.976. The molecule has 0 spiro atoms. The first-order valence-electron chi connectivity index (χ1n) is 13.5. The Kier molecular flexibility index (Phi) is 5.25. The smallest absolute Gasteiger partial charge is 0.0880 e. The molecule has 0 aromatic rings. The van der Waals surface area contributed by atoms with Gasteiger partial charge in [0.1, 0.15) is 0 Å². The van der Waals surface area contributed by atoms with Crippen LogP contribution in [0.15, 0.2) is 0 Å². The fraction of sp³-hybridized carbons (Fsp3) is 1.00. The van der Waals surface area contributed by atoms with Crippen molar-refractivity contribution in [3.05, 3.63) is 0 Å². The molecule has 0 saturated heterocycles. The standard InChI is InChI=1S/C28H48O3/c1-17-7-6-13-25(2)21(17)15-23(30)28(5)22(25)11-10-19-24-18(12-14-26(19,28)3)8-9-20(24)27(4,31)16-29/h17-24,29-31H,6-16H2,1-5H3/t17-,18+,19?,20?,21?,22-,23+,24?,25+,26-,27+,28+/m1/s1. The van der Waals surface area contributed by atoms with Gasteiger partial charge in [-0.2, -0.15) is 0 Å². The third-order valence-electron chi connectivity index (χ3n) is 12.9. The lowest BCUT2D eigenvalue weighted by atomic mass is 9.33. The van der Waals surface area contributed by atoms with E-state index >= 15 is 0 Å². The molecule has 3 N–H and O–H groups in total. The summed E-state index contributed by atoms with van der Waals surface area (Å²) in [5.74, 6) is 3.97. The van der Waals surface area contributed by atoms with Crippen LogP contribution < -0.4 is 0 Å². The zero-order valence-electron chi connectivity index (χ0n) is 20.7. The minimum absolute atomic E-state index is 0.0403. The maximum atomic E-state index is 11.9. The van der Waals surface area contributed by atoms with Crippen molar-refractivity contribution in [1.29, 1.82) is 0 Å². The van der Waals surface area contributed by atoms with E-state index in [1.165, 1.54) is 51.4 Å². The Balaban J connectivity index is 1.55. The molecule has 0 aromatic heterocycles. The molecule has 5 aliphatic carbocycles. The van der Waals surface area contributed by atoms with Crippen LogP contribution in [0.5, 0.6) is 0 Å². The first kappa shape index (κ1) is 22.7. The summed E-state index contributed by atoms with van der Waals surface area (Å²) in [5.41, 5.74) is -0.528. The van der Waals surface area contributed by atoms with Crippen LogP contribution in [-0.4, -0.2) is 33.6 Å². The van der Waals surface area contributed by atoms with Crippen molar-refractivity contribution in [2.24, 2.45) is 57.7 Å². The molecular formula is C28H48O3. The molecular weight excluding hydrogens is 384 g/mol. The highest BCUT2D eigenvalue weighted by Gasteiger charge is 2.70. The van der Waals surface area contributed by atoms with Crippen molar-refractivity contribution in [3.8, 4) is 0 Å². The third-order valence-corrected chi connectivity index (χ3v) is 12.9. The van der Waals surface area contributed by atoms with Crippen molar-refractivity contribution in [2.75, 3.05) is 6.61 Å². The highest BCUT2D eigenvalue weighted by atomic mass is 16.3. The van der Waals surface area contributed by atoms with Gasteiger partial charge in [-0.15, -0.1) is 0 Å². The average molecular weight is 433 g/mol. The summed E-state index contributed by atoms with van der Waals surface area (Å²) in [6.45, 7) is 11.8. The van der Waals surface area contributed by atoms with Gasteiger partial charge in [0.15, 0.2) is 0 Å². The monoisotopic (exact) mass is 432 g/mol. The predicted octanol–water partition coefficient (Wildman–Crippen LogP) is 5.41. The van der Waals surface area contributed by atoms with E-state index in [1.807, 2.05) is 6.92 Å². The van der Waals surface area contributed by atoms with Crippen molar-refractivity contribution in [3.63, 3.8) is 0 Å². The molecule has 4 unspecified atom stereocenters. The number of fused-ring (bicyclic) bond motifs is 7. The Bertz CT molecular complexity index is 704. The molecule has 0 bridgehead atoms. The first-order valence-corrected chi connectivity index (χ1v) is 13.5. The summed E-state index contributed by atoms with van der Waals surface area (Å²) in [4.78, 5) is 0. The van der Waals surface area contributed by atoms with Crippen LogP contribution in [0.25, 0.3) is 0 Å². The Labute approximate surface area is 190 Å². The first-order chi connectivity index (χ1) is 14.5. The van der Waals surface area contributed by atoms with Crippen LogP contribution >= 0.6 is 0 Å². The molecule has 5 aliphatic rings. The van der Waals surface area contributed by atoms with E-state index in [1.54, 1.807) is 0 Å². The normalized spacial score (nSPS) is 58.5. The van der Waals surface area contributed by atoms with Gasteiger partial charge in [0.25, 0.3) is 0 Å². The lowest BCUT2D eigenvalue weighted by molar-refractivity contribution is -0.265. The number of aliphatic hydroxyl groups excluding tert-OH is 2. The quantitative estimate of drug-likeness (QED) is 0.546. The molecule has 0 heterocycles. The fourth-order valence-electron chi connectivity index (χ4n) is 11.1. The summed E-state index contributed by atoms with van der Waals surface area (Å²) in [6, 6.07) is 0. The van der Waals surface area contributed by atoms with Crippen LogP contribution in [0, 0.1) is 57.7 Å². The van der Waals surface area contributed by atoms with Crippen molar-refractivity contribution in [1.82, 2.24) is 0 Å². The Morgan fingerprint density at radius 1 is 0.935 bits per heavy atom. The summed E-state index contributed by atoms with van der Waals surface area (Å²) in [6.07, 6.45) is 12.0. The van der Waals surface area contributed by atoms with E-state index in [0.717, 1.165) is 18.8 Å². The average Bonchev–Trinajstić information content (AvgIpc) is 3.16. The van der Waals surface area contributed by atoms with Crippen molar-refractivity contribution < 1.29 is 15.3 Å². The number of rotatable bonds is 2. The number of hydrogen-bond acceptors (Lipinski definition) is 3. The van der Waals surface area contributed by atoms with E-state index in [9.17, 15) is 15.3 Å². The summed E-state index contributed by atoms with van der Waals surface area (Å²) < 4.78 is 0. The fourth-order valence-corrected chi connectivity index (χ4v) is 11.1. The van der Waals surface area contributed by atoms with Crippen LogP contribution in [-0.2, 0) is 0 Å². The lowest BCUT2D eigenvalue weighted by Crippen LogP contribution is -2.68.